The van der Waals surface area contributed by atoms with Crippen LogP contribution in [-0.4, -0.2) is 19.0 Å². The molecule has 1 aliphatic carbocycles. The van der Waals surface area contributed by atoms with Gasteiger partial charge in [0.15, 0.2) is 0 Å². The number of nitrogens with one attached hydrogen (secondary N) is 2. The highest BCUT2D eigenvalue weighted by molar-refractivity contribution is 5.92. The Balaban J connectivity index is 1.89. The Morgan fingerprint density at radius 2 is 2.00 bits per heavy atom. The lowest BCUT2D eigenvalue weighted by atomic mass is 10.1. The van der Waals surface area contributed by atoms with E-state index in [1.807, 2.05) is 12.1 Å². The van der Waals surface area contributed by atoms with Crippen LogP contribution in [0.4, 0.5) is 5.69 Å². The van der Waals surface area contributed by atoms with E-state index < -0.39 is 0 Å². The van der Waals surface area contributed by atoms with Crippen LogP contribution in [0.1, 0.15) is 24.0 Å². The predicted octanol–water partition coefficient (Wildman–Crippen LogP) is 1.37. The van der Waals surface area contributed by atoms with E-state index in [-0.39, 0.29) is 18.0 Å². The SMILES string of the molecule is N#Cc1ccc(NC(=O)CNCC2CC2)cc1C#N. The molecule has 5 heteroatoms. The molecule has 1 fully saturated rings. The average molecular weight is 254 g/mol. The van der Waals surface area contributed by atoms with Gasteiger partial charge in [-0.2, -0.15) is 10.5 Å². The summed E-state index contributed by atoms with van der Waals surface area (Å²) in [6, 6.07) is 8.54. The highest BCUT2D eigenvalue weighted by Gasteiger charge is 2.20. The van der Waals surface area contributed by atoms with E-state index in [1.165, 1.54) is 25.0 Å². The molecule has 0 spiro atoms. The number of carbonyl (C=O) groups excluding carboxylic acids is 1. The zero-order valence-corrected chi connectivity index (χ0v) is 10.4. The number of hydrogen-bond donors (Lipinski definition) is 2. The molecule has 1 aliphatic rings. The van der Waals surface area contributed by atoms with Gasteiger partial charge in [-0.05, 0) is 43.5 Å². The van der Waals surface area contributed by atoms with Crippen molar-refractivity contribution in [2.75, 3.05) is 18.4 Å². The summed E-state index contributed by atoms with van der Waals surface area (Å²) in [5, 5.41) is 23.5. The van der Waals surface area contributed by atoms with Crippen LogP contribution in [0.25, 0.3) is 0 Å². The van der Waals surface area contributed by atoms with E-state index in [0.717, 1.165) is 12.5 Å². The van der Waals surface area contributed by atoms with Crippen molar-refractivity contribution in [3.05, 3.63) is 29.3 Å². The van der Waals surface area contributed by atoms with Crippen molar-refractivity contribution in [2.24, 2.45) is 5.92 Å². The van der Waals surface area contributed by atoms with Crippen LogP contribution in [0.15, 0.2) is 18.2 Å². The molecule has 96 valence electrons. The second kappa shape index (κ2) is 5.99. The number of rotatable bonds is 5. The maximum absolute atomic E-state index is 11.6. The highest BCUT2D eigenvalue weighted by Crippen LogP contribution is 2.27. The van der Waals surface area contributed by atoms with Crippen LogP contribution < -0.4 is 10.6 Å². The van der Waals surface area contributed by atoms with Crippen molar-refractivity contribution in [1.29, 1.82) is 10.5 Å². The molecule has 2 N–H and O–H groups in total. The predicted molar refractivity (Wildman–Crippen MR) is 70.1 cm³/mol. The van der Waals surface area contributed by atoms with Gasteiger partial charge in [0.2, 0.25) is 5.91 Å². The lowest BCUT2D eigenvalue weighted by Gasteiger charge is -2.07. The Morgan fingerprint density at radius 1 is 1.26 bits per heavy atom. The van der Waals surface area contributed by atoms with Crippen LogP contribution in [0.2, 0.25) is 0 Å². The Labute approximate surface area is 111 Å². The van der Waals surface area contributed by atoms with Crippen LogP contribution in [-0.2, 0) is 4.79 Å². The molecule has 1 saturated carbocycles. The molecule has 1 amide bonds. The maximum Gasteiger partial charge on any atom is 0.238 e. The molecule has 5 nitrogen and oxygen atoms in total. The average Bonchev–Trinajstić information content (AvgIpc) is 3.22. The largest absolute Gasteiger partial charge is 0.325 e. The third-order valence-electron chi connectivity index (χ3n) is 2.96. The fourth-order valence-corrected chi connectivity index (χ4v) is 1.73. The summed E-state index contributed by atoms with van der Waals surface area (Å²) in [7, 11) is 0. The van der Waals surface area contributed by atoms with Gasteiger partial charge in [0.05, 0.1) is 17.7 Å². The molecule has 19 heavy (non-hydrogen) atoms. The smallest absolute Gasteiger partial charge is 0.238 e. The van der Waals surface area contributed by atoms with Gasteiger partial charge in [-0.15, -0.1) is 0 Å². The first-order valence-corrected chi connectivity index (χ1v) is 6.17. The summed E-state index contributed by atoms with van der Waals surface area (Å²) in [4.78, 5) is 11.6. The third-order valence-corrected chi connectivity index (χ3v) is 2.96. The first-order valence-electron chi connectivity index (χ1n) is 6.17. The quantitative estimate of drug-likeness (QED) is 0.830. The summed E-state index contributed by atoms with van der Waals surface area (Å²) >= 11 is 0. The van der Waals surface area contributed by atoms with Crippen LogP contribution in [0.5, 0.6) is 0 Å². The van der Waals surface area contributed by atoms with E-state index in [2.05, 4.69) is 10.6 Å². The van der Waals surface area contributed by atoms with Crippen molar-refractivity contribution in [3.8, 4) is 12.1 Å². The minimum absolute atomic E-state index is 0.144. The fourth-order valence-electron chi connectivity index (χ4n) is 1.73. The summed E-state index contributed by atoms with van der Waals surface area (Å²) in [5.41, 5.74) is 1.12. The number of benzene rings is 1. The van der Waals surface area contributed by atoms with Gasteiger partial charge in [0.25, 0.3) is 0 Å². The molecule has 0 unspecified atom stereocenters. The minimum Gasteiger partial charge on any atom is -0.325 e. The molecule has 0 saturated heterocycles. The van der Waals surface area contributed by atoms with Crippen molar-refractivity contribution in [2.45, 2.75) is 12.8 Å². The van der Waals surface area contributed by atoms with Crippen molar-refractivity contribution in [1.82, 2.24) is 5.32 Å². The van der Waals surface area contributed by atoms with Gasteiger partial charge in [0, 0.05) is 5.69 Å². The first kappa shape index (κ1) is 13.1. The van der Waals surface area contributed by atoms with Crippen LogP contribution >= 0.6 is 0 Å². The van der Waals surface area contributed by atoms with E-state index in [0.29, 0.717) is 11.3 Å². The van der Waals surface area contributed by atoms with Gasteiger partial charge in [-0.25, -0.2) is 0 Å². The van der Waals surface area contributed by atoms with E-state index in [1.54, 1.807) is 6.07 Å². The minimum atomic E-state index is -0.144. The summed E-state index contributed by atoms with van der Waals surface area (Å²) in [5.74, 6) is 0.585. The first-order chi connectivity index (χ1) is 9.22. The molecular weight excluding hydrogens is 240 g/mol. The number of carbonyl (C=O) groups is 1. The Morgan fingerprint density at radius 3 is 2.63 bits per heavy atom. The maximum atomic E-state index is 11.6. The van der Waals surface area contributed by atoms with Gasteiger partial charge in [-0.3, -0.25) is 4.79 Å². The third kappa shape index (κ3) is 3.80. The zero-order valence-electron chi connectivity index (χ0n) is 10.4. The van der Waals surface area contributed by atoms with Crippen LogP contribution in [0, 0.1) is 28.6 Å². The molecule has 2 rings (SSSR count). The zero-order chi connectivity index (χ0) is 13.7. The van der Waals surface area contributed by atoms with Gasteiger partial charge in [0.1, 0.15) is 12.1 Å². The van der Waals surface area contributed by atoms with E-state index >= 15 is 0 Å². The molecule has 0 heterocycles. The highest BCUT2D eigenvalue weighted by atomic mass is 16.1. The lowest BCUT2D eigenvalue weighted by molar-refractivity contribution is -0.115. The number of amides is 1. The lowest BCUT2D eigenvalue weighted by Crippen LogP contribution is -2.29. The monoisotopic (exact) mass is 254 g/mol. The van der Waals surface area contributed by atoms with E-state index in [4.69, 9.17) is 10.5 Å². The number of anilines is 1. The molecule has 0 aromatic heterocycles. The van der Waals surface area contributed by atoms with Gasteiger partial charge < -0.3 is 10.6 Å². The standard InChI is InChI=1S/C14H14N4O/c15-6-11-3-4-13(5-12(11)7-16)18-14(19)9-17-8-10-1-2-10/h3-5,10,17H,1-2,8-9H2,(H,18,19). The Bertz CT molecular complexity index is 564. The second-order valence-electron chi connectivity index (χ2n) is 4.61. The molecule has 0 atom stereocenters. The second-order valence-corrected chi connectivity index (χ2v) is 4.61. The Kier molecular flexibility index (Phi) is 4.12. The van der Waals surface area contributed by atoms with Gasteiger partial charge in [-0.1, -0.05) is 0 Å². The molecular formula is C14H14N4O. The molecule has 1 aromatic carbocycles. The summed E-state index contributed by atoms with van der Waals surface area (Å²) in [6.45, 7) is 1.14. The van der Waals surface area contributed by atoms with Crippen molar-refractivity contribution < 1.29 is 4.79 Å². The normalized spacial score (nSPS) is 13.4. The topological polar surface area (TPSA) is 88.7 Å². The van der Waals surface area contributed by atoms with Crippen molar-refractivity contribution in [3.63, 3.8) is 0 Å². The molecule has 0 aliphatic heterocycles. The molecule has 1 aromatic rings. The van der Waals surface area contributed by atoms with Gasteiger partial charge >= 0.3 is 0 Å². The molecule has 0 bridgehead atoms. The number of nitriles is 2. The summed E-state index contributed by atoms with van der Waals surface area (Å²) in [6.07, 6.45) is 2.49. The summed E-state index contributed by atoms with van der Waals surface area (Å²) < 4.78 is 0. The van der Waals surface area contributed by atoms with Crippen LogP contribution in [0.3, 0.4) is 0 Å². The Hall–Kier alpha value is -2.37. The molecule has 0 radical (unpaired) electrons. The number of nitrogens with zero attached hydrogens (tertiary/aromatic N) is 2. The fraction of sp³-hybridized carbons (Fsp3) is 0.357. The number of hydrogen-bond acceptors (Lipinski definition) is 4. The van der Waals surface area contributed by atoms with Crippen molar-refractivity contribution >= 4 is 11.6 Å². The van der Waals surface area contributed by atoms with E-state index in [9.17, 15) is 4.79 Å².